The van der Waals surface area contributed by atoms with Crippen LogP contribution in [0, 0.1) is 11.3 Å². The third-order valence-electron chi connectivity index (χ3n) is 5.16. The van der Waals surface area contributed by atoms with Crippen LogP contribution in [0.3, 0.4) is 0 Å². The molecule has 1 aliphatic heterocycles. The summed E-state index contributed by atoms with van der Waals surface area (Å²) in [6.45, 7) is 1.49. The van der Waals surface area contributed by atoms with E-state index in [1.807, 2.05) is 35.2 Å². The number of nitrogens with one attached hydrogen (secondary N) is 1. The highest BCUT2D eigenvalue weighted by atomic mass is 16.2. The van der Waals surface area contributed by atoms with Crippen molar-refractivity contribution in [2.45, 2.75) is 25.7 Å². The molecule has 4 nitrogen and oxygen atoms in total. The number of likely N-dealkylation sites (tertiary alicyclic amines) is 1. The van der Waals surface area contributed by atoms with E-state index in [9.17, 15) is 9.59 Å². The Morgan fingerprint density at radius 2 is 2.00 bits per heavy atom. The van der Waals surface area contributed by atoms with Crippen molar-refractivity contribution in [3.8, 4) is 0 Å². The molecule has 3 rings (SSSR count). The highest BCUT2D eigenvalue weighted by molar-refractivity contribution is 5.94. The maximum Gasteiger partial charge on any atom is 0.253 e. The summed E-state index contributed by atoms with van der Waals surface area (Å²) < 4.78 is 0. The van der Waals surface area contributed by atoms with Gasteiger partial charge in [-0.1, -0.05) is 24.6 Å². The number of amides is 2. The molecular weight excluding hydrogens is 264 g/mol. The largest absolute Gasteiger partial charge is 0.359 e. The van der Waals surface area contributed by atoms with Crippen molar-refractivity contribution in [1.29, 1.82) is 0 Å². The van der Waals surface area contributed by atoms with E-state index in [4.69, 9.17) is 0 Å². The van der Waals surface area contributed by atoms with E-state index in [-0.39, 0.29) is 23.1 Å². The van der Waals surface area contributed by atoms with E-state index >= 15 is 0 Å². The van der Waals surface area contributed by atoms with Crippen molar-refractivity contribution in [3.63, 3.8) is 0 Å². The van der Waals surface area contributed by atoms with Gasteiger partial charge in [0, 0.05) is 37.0 Å². The fourth-order valence-electron chi connectivity index (χ4n) is 4.04. The lowest BCUT2D eigenvalue weighted by Crippen LogP contribution is -2.40. The lowest BCUT2D eigenvalue weighted by Gasteiger charge is -2.30. The number of hydrogen-bond donors (Lipinski definition) is 1. The normalized spacial score (nSPS) is 28.0. The van der Waals surface area contributed by atoms with Gasteiger partial charge in [-0.15, -0.1) is 0 Å². The van der Waals surface area contributed by atoms with E-state index in [0.717, 1.165) is 44.3 Å². The van der Waals surface area contributed by atoms with Crippen LogP contribution in [-0.2, 0) is 4.79 Å². The van der Waals surface area contributed by atoms with Crippen LogP contribution in [0.1, 0.15) is 36.0 Å². The second kappa shape index (κ2) is 5.51. The van der Waals surface area contributed by atoms with Crippen molar-refractivity contribution in [3.05, 3.63) is 35.9 Å². The second-order valence-electron chi connectivity index (χ2n) is 6.26. The maximum atomic E-state index is 12.6. The minimum absolute atomic E-state index is 0.00450. The van der Waals surface area contributed by atoms with E-state index in [2.05, 4.69) is 5.32 Å². The predicted molar refractivity (Wildman–Crippen MR) is 80.8 cm³/mol. The number of carbonyl (C=O) groups excluding carboxylic acids is 2. The Bertz CT molecular complexity index is 543. The summed E-state index contributed by atoms with van der Waals surface area (Å²) in [6.07, 6.45) is 4.05. The summed E-state index contributed by atoms with van der Waals surface area (Å²) in [6, 6.07) is 9.42. The van der Waals surface area contributed by atoms with Gasteiger partial charge in [-0.2, -0.15) is 0 Å². The number of carbonyl (C=O) groups is 2. The summed E-state index contributed by atoms with van der Waals surface area (Å²) in [4.78, 5) is 26.6. The Morgan fingerprint density at radius 3 is 2.71 bits per heavy atom. The average molecular weight is 286 g/mol. The smallest absolute Gasteiger partial charge is 0.253 e. The van der Waals surface area contributed by atoms with Crippen molar-refractivity contribution >= 4 is 11.8 Å². The first-order chi connectivity index (χ1) is 10.2. The van der Waals surface area contributed by atoms with Crippen LogP contribution in [0.4, 0.5) is 0 Å². The molecule has 2 aliphatic rings. The van der Waals surface area contributed by atoms with Gasteiger partial charge in [-0.05, 0) is 31.4 Å². The summed E-state index contributed by atoms with van der Waals surface area (Å²) in [5.41, 5.74) is 0.744. The minimum atomic E-state index is 0.00450. The van der Waals surface area contributed by atoms with Crippen molar-refractivity contribution in [2.75, 3.05) is 20.1 Å². The SMILES string of the molecule is CNC(=O)[C@@H]1CCC[C@@]12CCN(C(=O)c1ccccc1)C2. The van der Waals surface area contributed by atoms with Crippen LogP contribution >= 0.6 is 0 Å². The molecule has 1 N–H and O–H groups in total. The highest BCUT2D eigenvalue weighted by Crippen LogP contribution is 2.49. The van der Waals surface area contributed by atoms with Crippen LogP contribution in [0.15, 0.2) is 30.3 Å². The minimum Gasteiger partial charge on any atom is -0.359 e. The molecule has 112 valence electrons. The summed E-state index contributed by atoms with van der Waals surface area (Å²) in [7, 11) is 1.70. The van der Waals surface area contributed by atoms with Gasteiger partial charge < -0.3 is 10.2 Å². The monoisotopic (exact) mass is 286 g/mol. The van der Waals surface area contributed by atoms with Crippen molar-refractivity contribution in [1.82, 2.24) is 10.2 Å². The molecule has 2 atom stereocenters. The van der Waals surface area contributed by atoms with Crippen LogP contribution in [-0.4, -0.2) is 36.9 Å². The maximum absolute atomic E-state index is 12.6. The Morgan fingerprint density at radius 1 is 1.24 bits per heavy atom. The first-order valence-corrected chi connectivity index (χ1v) is 7.72. The van der Waals surface area contributed by atoms with Crippen molar-refractivity contribution in [2.24, 2.45) is 11.3 Å². The molecule has 1 saturated carbocycles. The Labute approximate surface area is 125 Å². The quantitative estimate of drug-likeness (QED) is 0.904. The third kappa shape index (κ3) is 2.43. The molecule has 2 fully saturated rings. The second-order valence-corrected chi connectivity index (χ2v) is 6.26. The summed E-state index contributed by atoms with van der Waals surface area (Å²) in [5, 5.41) is 2.79. The average Bonchev–Trinajstić information content (AvgIpc) is 3.14. The number of rotatable bonds is 2. The highest BCUT2D eigenvalue weighted by Gasteiger charge is 2.50. The van der Waals surface area contributed by atoms with Gasteiger partial charge in [-0.3, -0.25) is 9.59 Å². The van der Waals surface area contributed by atoms with Gasteiger partial charge in [0.1, 0.15) is 0 Å². The number of hydrogen-bond acceptors (Lipinski definition) is 2. The molecule has 0 radical (unpaired) electrons. The molecule has 0 unspecified atom stereocenters. The first kappa shape index (κ1) is 14.1. The molecular formula is C17H22N2O2. The molecule has 1 aliphatic carbocycles. The lowest BCUT2D eigenvalue weighted by molar-refractivity contribution is -0.127. The van der Waals surface area contributed by atoms with Gasteiger partial charge in [0.05, 0.1) is 0 Å². The van der Waals surface area contributed by atoms with E-state index in [1.165, 1.54) is 0 Å². The fourth-order valence-corrected chi connectivity index (χ4v) is 4.04. The molecule has 4 heteroatoms. The van der Waals surface area contributed by atoms with Gasteiger partial charge in [0.2, 0.25) is 5.91 Å². The summed E-state index contributed by atoms with van der Waals surface area (Å²) in [5.74, 6) is 0.299. The Hall–Kier alpha value is -1.84. The van der Waals surface area contributed by atoms with Crippen LogP contribution in [0.5, 0.6) is 0 Å². The lowest BCUT2D eigenvalue weighted by atomic mass is 9.76. The van der Waals surface area contributed by atoms with E-state index < -0.39 is 0 Å². The summed E-state index contributed by atoms with van der Waals surface area (Å²) >= 11 is 0. The van der Waals surface area contributed by atoms with E-state index in [1.54, 1.807) is 7.05 Å². The molecule has 1 heterocycles. The molecule has 1 spiro atoms. The van der Waals surface area contributed by atoms with Gasteiger partial charge in [0.15, 0.2) is 0 Å². The topological polar surface area (TPSA) is 49.4 Å². The van der Waals surface area contributed by atoms with Gasteiger partial charge in [-0.25, -0.2) is 0 Å². The van der Waals surface area contributed by atoms with E-state index in [0.29, 0.717) is 0 Å². The van der Waals surface area contributed by atoms with Crippen LogP contribution in [0.25, 0.3) is 0 Å². The predicted octanol–water partition coefficient (Wildman–Crippen LogP) is 2.06. The zero-order valence-electron chi connectivity index (χ0n) is 12.5. The Balaban J connectivity index is 1.76. The first-order valence-electron chi connectivity index (χ1n) is 7.72. The zero-order chi connectivity index (χ0) is 14.9. The molecule has 2 amide bonds. The Kier molecular flexibility index (Phi) is 3.70. The van der Waals surface area contributed by atoms with Gasteiger partial charge >= 0.3 is 0 Å². The molecule has 1 saturated heterocycles. The van der Waals surface area contributed by atoms with Crippen LogP contribution in [0.2, 0.25) is 0 Å². The molecule has 1 aromatic carbocycles. The van der Waals surface area contributed by atoms with Gasteiger partial charge in [0.25, 0.3) is 5.91 Å². The third-order valence-corrected chi connectivity index (χ3v) is 5.16. The van der Waals surface area contributed by atoms with Crippen LogP contribution < -0.4 is 5.32 Å². The molecule has 21 heavy (non-hydrogen) atoms. The fraction of sp³-hybridized carbons (Fsp3) is 0.529. The number of benzene rings is 1. The standard InChI is InChI=1S/C17H22N2O2/c1-18-15(20)14-8-5-9-17(14)10-11-19(12-17)16(21)13-6-3-2-4-7-13/h2-4,6-7,14H,5,8-12H2,1H3,(H,18,20)/t14-,17-/m0/s1. The zero-order valence-corrected chi connectivity index (χ0v) is 12.5. The molecule has 0 aromatic heterocycles. The molecule has 0 bridgehead atoms. The van der Waals surface area contributed by atoms with Crippen molar-refractivity contribution < 1.29 is 9.59 Å². The number of nitrogens with zero attached hydrogens (tertiary/aromatic N) is 1. The molecule has 1 aromatic rings.